The summed E-state index contributed by atoms with van der Waals surface area (Å²) < 4.78 is 10.4. The lowest BCUT2D eigenvalue weighted by Crippen LogP contribution is -2.14. The van der Waals surface area contributed by atoms with Gasteiger partial charge in [-0.25, -0.2) is 0 Å². The molecule has 0 N–H and O–H groups in total. The van der Waals surface area contributed by atoms with Crippen molar-refractivity contribution in [2.45, 2.75) is 27.2 Å². The molecule has 0 aromatic heterocycles. The van der Waals surface area contributed by atoms with Crippen molar-refractivity contribution >= 4 is 34.4 Å². The average Bonchev–Trinajstić information content (AvgIpc) is 2.17. The number of methoxy groups -OCH3 is 1. The quantitative estimate of drug-likeness (QED) is 0.412. The van der Waals surface area contributed by atoms with Gasteiger partial charge in [-0.05, 0) is 32.5 Å². The molecule has 0 aromatic rings. The van der Waals surface area contributed by atoms with Gasteiger partial charge in [-0.2, -0.15) is 0 Å². The molecule has 0 aromatic carbocycles. The van der Waals surface area contributed by atoms with Gasteiger partial charge < -0.3 is 9.47 Å². The van der Waals surface area contributed by atoms with E-state index in [9.17, 15) is 0 Å². The Balaban J connectivity index is 4.92. The minimum Gasteiger partial charge on any atom is -0.501 e. The van der Waals surface area contributed by atoms with Crippen molar-refractivity contribution in [3.63, 3.8) is 0 Å². The van der Waals surface area contributed by atoms with Crippen molar-refractivity contribution in [2.24, 2.45) is 0 Å². The van der Waals surface area contributed by atoms with Crippen molar-refractivity contribution in [3.8, 4) is 0 Å². The Morgan fingerprint density at radius 2 is 1.79 bits per heavy atom. The molecule has 0 bridgehead atoms. The molecule has 4 heteroatoms. The molecule has 0 radical (unpaired) electrons. The lowest BCUT2D eigenvalue weighted by atomic mass is 10.1. The SMILES string of the molecule is CCOC(=S)C(C(=S)CC)=C(C)OC. The summed E-state index contributed by atoms with van der Waals surface area (Å²) >= 11 is 10.3. The Bertz CT molecular complexity index is 257. The first-order valence-electron chi connectivity index (χ1n) is 4.53. The first-order valence-corrected chi connectivity index (χ1v) is 5.35. The number of ether oxygens (including phenoxy) is 2. The van der Waals surface area contributed by atoms with Crippen LogP contribution in [0.3, 0.4) is 0 Å². The van der Waals surface area contributed by atoms with Gasteiger partial charge in [-0.3, -0.25) is 0 Å². The van der Waals surface area contributed by atoms with Gasteiger partial charge in [-0.15, -0.1) is 0 Å². The van der Waals surface area contributed by atoms with Crippen LogP contribution in [0.1, 0.15) is 27.2 Å². The molecule has 0 heterocycles. The highest BCUT2D eigenvalue weighted by molar-refractivity contribution is 7.82. The predicted octanol–water partition coefficient (Wildman–Crippen LogP) is 3.05. The van der Waals surface area contributed by atoms with E-state index in [4.69, 9.17) is 33.9 Å². The molecular weight excluding hydrogens is 216 g/mol. The fraction of sp³-hybridized carbons (Fsp3) is 0.600. The van der Waals surface area contributed by atoms with Crippen molar-refractivity contribution in [2.75, 3.05) is 13.7 Å². The summed E-state index contributed by atoms with van der Waals surface area (Å²) in [5, 5.41) is 0.429. The zero-order valence-electron chi connectivity index (χ0n) is 9.05. The first kappa shape index (κ1) is 13.5. The molecule has 0 amide bonds. The lowest BCUT2D eigenvalue weighted by molar-refractivity contribution is 0.288. The second-order valence-corrected chi connectivity index (χ2v) is 3.50. The Labute approximate surface area is 96.3 Å². The van der Waals surface area contributed by atoms with E-state index in [1.54, 1.807) is 7.11 Å². The molecule has 0 saturated heterocycles. The van der Waals surface area contributed by atoms with Crippen LogP contribution in [-0.2, 0) is 9.47 Å². The maximum absolute atomic E-state index is 5.26. The molecule has 14 heavy (non-hydrogen) atoms. The lowest BCUT2D eigenvalue weighted by Gasteiger charge is -2.12. The molecule has 0 aliphatic rings. The third-order valence-corrected chi connectivity index (χ3v) is 2.55. The maximum Gasteiger partial charge on any atom is 0.195 e. The number of rotatable bonds is 5. The zero-order chi connectivity index (χ0) is 11.1. The third kappa shape index (κ3) is 3.72. The molecule has 0 saturated carbocycles. The van der Waals surface area contributed by atoms with Crippen LogP contribution >= 0.6 is 24.4 Å². The number of hydrogen-bond donors (Lipinski definition) is 0. The van der Waals surface area contributed by atoms with Crippen molar-refractivity contribution in [1.82, 2.24) is 0 Å². The molecule has 2 nitrogen and oxygen atoms in total. The fourth-order valence-corrected chi connectivity index (χ4v) is 1.62. The largest absolute Gasteiger partial charge is 0.501 e. The van der Waals surface area contributed by atoms with Crippen LogP contribution in [0.25, 0.3) is 0 Å². The summed E-state index contributed by atoms with van der Waals surface area (Å²) in [5.41, 5.74) is 0.752. The second kappa shape index (κ2) is 6.90. The summed E-state index contributed by atoms with van der Waals surface area (Å²) in [6.07, 6.45) is 0.762. The molecule has 0 aliphatic heterocycles. The minimum atomic E-state index is 0.429. The summed E-state index contributed by atoms with van der Waals surface area (Å²) in [6, 6.07) is 0. The van der Waals surface area contributed by atoms with E-state index in [1.165, 1.54) is 0 Å². The number of hydrogen-bond acceptors (Lipinski definition) is 4. The van der Waals surface area contributed by atoms with Crippen molar-refractivity contribution < 1.29 is 9.47 Å². The fourth-order valence-electron chi connectivity index (χ4n) is 0.936. The van der Waals surface area contributed by atoms with Gasteiger partial charge in [0.2, 0.25) is 0 Å². The van der Waals surface area contributed by atoms with Gasteiger partial charge in [0.25, 0.3) is 0 Å². The smallest absolute Gasteiger partial charge is 0.195 e. The molecule has 0 rings (SSSR count). The van der Waals surface area contributed by atoms with Crippen LogP contribution in [0, 0.1) is 0 Å². The van der Waals surface area contributed by atoms with E-state index >= 15 is 0 Å². The van der Waals surface area contributed by atoms with Gasteiger partial charge >= 0.3 is 0 Å². The van der Waals surface area contributed by atoms with Crippen LogP contribution < -0.4 is 0 Å². The monoisotopic (exact) mass is 232 g/mol. The van der Waals surface area contributed by atoms with Crippen LogP contribution in [0.2, 0.25) is 0 Å². The maximum atomic E-state index is 5.26. The van der Waals surface area contributed by atoms with E-state index in [0.717, 1.165) is 22.6 Å². The Hall–Kier alpha value is -0.480. The molecule has 0 aliphatic carbocycles. The van der Waals surface area contributed by atoms with Gasteiger partial charge in [0.15, 0.2) is 5.05 Å². The van der Waals surface area contributed by atoms with E-state index in [-0.39, 0.29) is 0 Å². The van der Waals surface area contributed by atoms with Gasteiger partial charge in [0.05, 0.1) is 19.3 Å². The van der Waals surface area contributed by atoms with Gasteiger partial charge in [0.1, 0.15) is 5.76 Å². The Kier molecular flexibility index (Phi) is 6.66. The molecule has 0 atom stereocenters. The average molecular weight is 232 g/mol. The summed E-state index contributed by atoms with van der Waals surface area (Å²) in [6.45, 7) is 6.26. The van der Waals surface area contributed by atoms with Gasteiger partial charge in [0, 0.05) is 4.86 Å². The highest BCUT2D eigenvalue weighted by Crippen LogP contribution is 2.13. The standard InChI is InChI=1S/C10H16O2S2/c1-5-8(13)9(7(3)11-4)10(14)12-6-2/h5-6H2,1-4H3. The van der Waals surface area contributed by atoms with E-state index < -0.39 is 0 Å². The molecule has 0 unspecified atom stereocenters. The van der Waals surface area contributed by atoms with Crippen LogP contribution in [-0.4, -0.2) is 23.6 Å². The summed E-state index contributed by atoms with van der Waals surface area (Å²) in [7, 11) is 1.60. The van der Waals surface area contributed by atoms with E-state index in [2.05, 4.69) is 0 Å². The zero-order valence-corrected chi connectivity index (χ0v) is 10.7. The second-order valence-electron chi connectivity index (χ2n) is 2.63. The molecule has 0 spiro atoms. The van der Waals surface area contributed by atoms with Crippen LogP contribution in [0.4, 0.5) is 0 Å². The topological polar surface area (TPSA) is 18.5 Å². The Morgan fingerprint density at radius 3 is 2.14 bits per heavy atom. The normalized spacial score (nSPS) is 11.7. The van der Waals surface area contributed by atoms with Gasteiger partial charge in [-0.1, -0.05) is 19.1 Å². The minimum absolute atomic E-state index is 0.429. The molecule has 0 fully saturated rings. The van der Waals surface area contributed by atoms with Crippen molar-refractivity contribution in [3.05, 3.63) is 11.3 Å². The number of allylic oxidation sites excluding steroid dienone is 1. The Morgan fingerprint density at radius 1 is 1.21 bits per heavy atom. The first-order chi connectivity index (χ1) is 6.58. The van der Waals surface area contributed by atoms with Crippen molar-refractivity contribution in [1.29, 1.82) is 0 Å². The highest BCUT2D eigenvalue weighted by Gasteiger charge is 2.14. The summed E-state index contributed by atoms with van der Waals surface area (Å²) in [4.78, 5) is 0.780. The predicted molar refractivity (Wildman–Crippen MR) is 66.8 cm³/mol. The van der Waals surface area contributed by atoms with Crippen LogP contribution in [0.15, 0.2) is 11.3 Å². The third-order valence-electron chi connectivity index (χ3n) is 1.74. The van der Waals surface area contributed by atoms with E-state index in [1.807, 2.05) is 20.8 Å². The van der Waals surface area contributed by atoms with E-state index in [0.29, 0.717) is 11.7 Å². The van der Waals surface area contributed by atoms with Crippen LogP contribution in [0.5, 0.6) is 0 Å². The summed E-state index contributed by atoms with van der Waals surface area (Å²) in [5.74, 6) is 0.718. The highest BCUT2D eigenvalue weighted by atomic mass is 32.1. The number of thiocarbonyl (C=S) groups is 2. The molecule has 80 valence electrons. The molecular formula is C10H16O2S2.